The van der Waals surface area contributed by atoms with E-state index >= 15 is 0 Å². The van der Waals surface area contributed by atoms with Crippen molar-refractivity contribution in [1.82, 2.24) is 4.98 Å². The van der Waals surface area contributed by atoms with Crippen molar-refractivity contribution in [3.63, 3.8) is 0 Å². The fourth-order valence-corrected chi connectivity index (χ4v) is 6.62. The molecule has 1 heterocycles. The van der Waals surface area contributed by atoms with Crippen molar-refractivity contribution in [2.75, 3.05) is 4.72 Å². The molecule has 8 nitrogen and oxygen atoms in total. The van der Waals surface area contributed by atoms with Gasteiger partial charge in [-0.1, -0.05) is 48.2 Å². The smallest absolute Gasteiger partial charge is 0.269 e. The average Bonchev–Trinajstić information content (AvgIpc) is 3.24. The minimum atomic E-state index is -4.05. The highest BCUT2D eigenvalue weighted by Gasteiger charge is 2.20. The van der Waals surface area contributed by atoms with E-state index in [1.165, 1.54) is 35.2 Å². The first-order valence-corrected chi connectivity index (χ1v) is 13.0. The number of fused-ring (bicyclic) bond motifs is 2. The molecule has 0 aliphatic carbocycles. The third kappa shape index (κ3) is 4.16. The van der Waals surface area contributed by atoms with Crippen molar-refractivity contribution in [2.45, 2.75) is 14.1 Å². The summed E-state index contributed by atoms with van der Waals surface area (Å²) in [6, 6.07) is 20.8. The van der Waals surface area contributed by atoms with Crippen molar-refractivity contribution in [1.29, 1.82) is 0 Å². The summed E-state index contributed by atoms with van der Waals surface area (Å²) in [7, 11) is -4.05. The number of anilines is 1. The molecule has 0 unspecified atom stereocenters. The number of nitro groups is 1. The van der Waals surface area contributed by atoms with Crippen LogP contribution < -0.4 is 4.72 Å². The first kappa shape index (κ1) is 22.1. The van der Waals surface area contributed by atoms with Gasteiger partial charge in [0.05, 0.1) is 30.6 Å². The Balaban J connectivity index is 1.56. The lowest BCUT2D eigenvalue weighted by molar-refractivity contribution is -0.384. The summed E-state index contributed by atoms with van der Waals surface area (Å²) in [4.78, 5) is 15.2. The zero-order valence-electron chi connectivity index (χ0n) is 17.2. The molecule has 0 fully saturated rings. The quantitative estimate of drug-likeness (QED) is 0.163. The summed E-state index contributed by atoms with van der Waals surface area (Å²) in [6.45, 7) is 0. The molecule has 0 radical (unpaired) electrons. The number of hydrogen-bond donors (Lipinski definition) is 2. The van der Waals surface area contributed by atoms with Crippen LogP contribution in [0.1, 0.15) is 0 Å². The van der Waals surface area contributed by atoms with Crippen molar-refractivity contribution >= 4 is 65.5 Å². The molecule has 0 amide bonds. The van der Waals surface area contributed by atoms with Gasteiger partial charge in [-0.25, -0.2) is 13.4 Å². The molecule has 0 saturated heterocycles. The van der Waals surface area contributed by atoms with Gasteiger partial charge in [0.1, 0.15) is 5.75 Å². The molecule has 0 atom stereocenters. The summed E-state index contributed by atoms with van der Waals surface area (Å²) in [5, 5.41) is 22.8. The molecule has 0 bridgehead atoms. The number of aromatic nitrogens is 1. The Morgan fingerprint density at radius 3 is 2.35 bits per heavy atom. The lowest BCUT2D eigenvalue weighted by Crippen LogP contribution is -2.13. The molecular weight excluding hydrogens is 494 g/mol. The van der Waals surface area contributed by atoms with E-state index in [1.807, 2.05) is 24.3 Å². The van der Waals surface area contributed by atoms with E-state index in [2.05, 4.69) is 9.71 Å². The molecular formula is C23H15N3O5S3. The van der Waals surface area contributed by atoms with E-state index in [1.54, 1.807) is 30.3 Å². The number of thiazole rings is 1. The first-order valence-electron chi connectivity index (χ1n) is 9.87. The number of phenolic OH excluding ortho intramolecular Hbond substituents is 1. The van der Waals surface area contributed by atoms with Gasteiger partial charge >= 0.3 is 0 Å². The van der Waals surface area contributed by atoms with E-state index in [4.69, 9.17) is 0 Å². The normalized spacial score (nSPS) is 11.6. The zero-order chi connectivity index (χ0) is 23.9. The molecule has 5 rings (SSSR count). The molecule has 2 N–H and O–H groups in total. The van der Waals surface area contributed by atoms with Crippen molar-refractivity contribution in [3.8, 4) is 5.75 Å². The Morgan fingerprint density at radius 1 is 0.971 bits per heavy atom. The summed E-state index contributed by atoms with van der Waals surface area (Å²) in [5.74, 6) is 0.0261. The number of nitrogens with zero attached hydrogens (tertiary/aromatic N) is 2. The maximum atomic E-state index is 13.0. The number of non-ortho nitro benzene ring substituents is 1. The summed E-state index contributed by atoms with van der Waals surface area (Å²) in [5.41, 5.74) is 0.910. The number of sulfonamides is 1. The van der Waals surface area contributed by atoms with Crippen LogP contribution in [0.4, 0.5) is 11.4 Å². The molecule has 170 valence electrons. The third-order valence-corrected chi connectivity index (χ3v) is 8.56. The van der Waals surface area contributed by atoms with Gasteiger partial charge in [-0.15, -0.1) is 11.3 Å². The standard InChI is InChI=1S/C23H15N3O5S3/c27-22-17-6-2-1-5-16(17)19(25-34(30,31)15-11-9-14(10-12-15)26(28)29)13-21(22)33-23-24-18-7-3-4-8-20(18)32-23/h1-13,25,27H. The molecule has 0 aliphatic rings. The predicted molar refractivity (Wildman–Crippen MR) is 133 cm³/mol. The number of hydrogen-bond acceptors (Lipinski definition) is 8. The monoisotopic (exact) mass is 509 g/mol. The van der Waals surface area contributed by atoms with E-state index in [9.17, 15) is 23.6 Å². The lowest BCUT2D eigenvalue weighted by atomic mass is 10.1. The molecule has 0 spiro atoms. The van der Waals surface area contributed by atoms with Crippen LogP contribution in [0.3, 0.4) is 0 Å². The maximum absolute atomic E-state index is 13.0. The maximum Gasteiger partial charge on any atom is 0.269 e. The van der Waals surface area contributed by atoms with Gasteiger partial charge in [-0.05, 0) is 30.3 Å². The number of para-hydroxylation sites is 1. The molecule has 0 aliphatic heterocycles. The highest BCUT2D eigenvalue weighted by Crippen LogP contribution is 2.44. The molecule has 11 heteroatoms. The topological polar surface area (TPSA) is 122 Å². The van der Waals surface area contributed by atoms with E-state index in [0.717, 1.165) is 22.3 Å². The first-order chi connectivity index (χ1) is 16.3. The Hall–Kier alpha value is -3.67. The summed E-state index contributed by atoms with van der Waals surface area (Å²) >= 11 is 2.72. The second kappa shape index (κ2) is 8.60. The van der Waals surface area contributed by atoms with Gasteiger partial charge in [0.15, 0.2) is 4.34 Å². The van der Waals surface area contributed by atoms with Gasteiger partial charge in [0.25, 0.3) is 15.7 Å². The van der Waals surface area contributed by atoms with Crippen LogP contribution >= 0.6 is 23.1 Å². The third-order valence-electron chi connectivity index (χ3n) is 5.05. The van der Waals surface area contributed by atoms with Crippen molar-refractivity contribution < 1.29 is 18.4 Å². The van der Waals surface area contributed by atoms with Crippen LogP contribution in [0.25, 0.3) is 21.0 Å². The molecule has 0 saturated carbocycles. The highest BCUT2D eigenvalue weighted by molar-refractivity contribution is 8.01. The summed E-state index contributed by atoms with van der Waals surface area (Å²) < 4.78 is 30.4. The van der Waals surface area contributed by atoms with Crippen LogP contribution in [0.2, 0.25) is 0 Å². The number of nitrogens with one attached hydrogen (secondary N) is 1. The second-order valence-corrected chi connectivity index (χ2v) is 11.2. The zero-order valence-corrected chi connectivity index (χ0v) is 19.7. The molecule has 34 heavy (non-hydrogen) atoms. The van der Waals surface area contributed by atoms with Crippen LogP contribution in [0.15, 0.2) is 93.0 Å². The van der Waals surface area contributed by atoms with Gasteiger partial charge in [-0.2, -0.15) is 0 Å². The Bertz CT molecular complexity index is 1630. The van der Waals surface area contributed by atoms with Gasteiger partial charge in [0.2, 0.25) is 0 Å². The Kier molecular flexibility index (Phi) is 5.60. The lowest BCUT2D eigenvalue weighted by Gasteiger charge is -2.14. The van der Waals surface area contributed by atoms with E-state index in [-0.39, 0.29) is 22.0 Å². The minimum absolute atomic E-state index is 0.0261. The summed E-state index contributed by atoms with van der Waals surface area (Å²) in [6.07, 6.45) is 0. The Labute approximate surface area is 202 Å². The fourth-order valence-electron chi connectivity index (χ4n) is 3.44. The van der Waals surface area contributed by atoms with Crippen LogP contribution in [-0.4, -0.2) is 23.4 Å². The molecule has 5 aromatic rings. The SMILES string of the molecule is O=[N+]([O-])c1ccc(S(=O)(=O)Nc2cc(Sc3nc4ccccc4s3)c(O)c3ccccc23)cc1. The number of aromatic hydroxyl groups is 1. The second-order valence-electron chi connectivity index (χ2n) is 7.22. The van der Waals surface area contributed by atoms with E-state index < -0.39 is 14.9 Å². The molecule has 1 aromatic heterocycles. The number of rotatable bonds is 6. The highest BCUT2D eigenvalue weighted by atomic mass is 32.2. The van der Waals surface area contributed by atoms with Crippen molar-refractivity contribution in [3.05, 3.63) is 89.0 Å². The minimum Gasteiger partial charge on any atom is -0.506 e. The van der Waals surface area contributed by atoms with Gasteiger partial charge < -0.3 is 5.11 Å². The Morgan fingerprint density at radius 2 is 1.65 bits per heavy atom. The number of phenols is 1. The van der Waals surface area contributed by atoms with E-state index in [0.29, 0.717) is 20.0 Å². The van der Waals surface area contributed by atoms with Crippen LogP contribution in [0, 0.1) is 10.1 Å². The van der Waals surface area contributed by atoms with Crippen LogP contribution in [-0.2, 0) is 10.0 Å². The predicted octanol–water partition coefficient (Wildman–Crippen LogP) is 6.02. The van der Waals surface area contributed by atoms with Gasteiger partial charge in [0, 0.05) is 22.9 Å². The largest absolute Gasteiger partial charge is 0.506 e. The number of benzene rings is 4. The number of nitro benzene ring substituents is 1. The van der Waals surface area contributed by atoms with Crippen LogP contribution in [0.5, 0.6) is 5.75 Å². The van der Waals surface area contributed by atoms with Crippen molar-refractivity contribution in [2.24, 2.45) is 0 Å². The fraction of sp³-hybridized carbons (Fsp3) is 0. The molecule has 4 aromatic carbocycles. The van der Waals surface area contributed by atoms with Gasteiger partial charge in [-0.3, -0.25) is 14.8 Å². The average molecular weight is 510 g/mol.